The average molecular weight is 181 g/mol. The summed E-state index contributed by atoms with van der Waals surface area (Å²) >= 11 is 0. The zero-order chi connectivity index (χ0) is 9.68. The summed E-state index contributed by atoms with van der Waals surface area (Å²) in [5, 5.41) is 16.3. The van der Waals surface area contributed by atoms with Crippen LogP contribution in [0.4, 0.5) is 0 Å². The number of aliphatic hydroxyl groups is 1. The van der Waals surface area contributed by atoms with Crippen molar-refractivity contribution in [3.05, 3.63) is 17.7 Å². The lowest BCUT2D eigenvalue weighted by Gasteiger charge is -2.03. The van der Waals surface area contributed by atoms with Crippen LogP contribution in [0.2, 0.25) is 0 Å². The van der Waals surface area contributed by atoms with E-state index in [4.69, 9.17) is 5.11 Å². The van der Waals surface area contributed by atoms with Crippen molar-refractivity contribution >= 4 is 0 Å². The van der Waals surface area contributed by atoms with Crippen LogP contribution in [0.5, 0.6) is 0 Å². The molecule has 0 saturated heterocycles. The van der Waals surface area contributed by atoms with E-state index in [1.54, 1.807) is 6.20 Å². The molecule has 0 aliphatic carbocycles. The number of rotatable bonds is 4. The predicted molar refractivity (Wildman–Crippen MR) is 49.2 cm³/mol. The monoisotopic (exact) mass is 181 g/mol. The highest BCUT2D eigenvalue weighted by molar-refractivity contribution is 4.97. The second-order valence-corrected chi connectivity index (χ2v) is 3.44. The van der Waals surface area contributed by atoms with Gasteiger partial charge in [-0.2, -0.15) is 5.10 Å². The van der Waals surface area contributed by atoms with Crippen molar-refractivity contribution in [3.8, 4) is 0 Å². The van der Waals surface area contributed by atoms with Gasteiger partial charge in [0.15, 0.2) is 5.82 Å². The van der Waals surface area contributed by atoms with Gasteiger partial charge < -0.3 is 5.11 Å². The van der Waals surface area contributed by atoms with Crippen molar-refractivity contribution in [1.82, 2.24) is 15.2 Å². The Labute approximate surface area is 78.0 Å². The second kappa shape index (κ2) is 4.87. The van der Waals surface area contributed by atoms with Gasteiger partial charge in [-0.05, 0) is 12.3 Å². The van der Waals surface area contributed by atoms with Gasteiger partial charge in [0.25, 0.3) is 0 Å². The van der Waals surface area contributed by atoms with Crippen LogP contribution in [0.3, 0.4) is 0 Å². The van der Waals surface area contributed by atoms with Gasteiger partial charge in [0.1, 0.15) is 0 Å². The van der Waals surface area contributed by atoms with Gasteiger partial charge in [0.2, 0.25) is 0 Å². The first kappa shape index (κ1) is 10.1. The smallest absolute Gasteiger partial charge is 0.153 e. The molecule has 0 aromatic carbocycles. The summed E-state index contributed by atoms with van der Waals surface area (Å²) in [7, 11) is 0. The summed E-state index contributed by atoms with van der Waals surface area (Å²) in [6.45, 7) is 4.34. The fourth-order valence-electron chi connectivity index (χ4n) is 1.10. The van der Waals surface area contributed by atoms with Gasteiger partial charge in [-0.15, -0.1) is 5.10 Å². The van der Waals surface area contributed by atoms with Crippen molar-refractivity contribution in [2.45, 2.75) is 26.7 Å². The molecule has 0 aliphatic rings. The summed E-state index contributed by atoms with van der Waals surface area (Å²) < 4.78 is 0. The summed E-state index contributed by atoms with van der Waals surface area (Å²) in [4.78, 5) is 4.27. The van der Waals surface area contributed by atoms with Crippen LogP contribution < -0.4 is 0 Å². The third-order valence-electron chi connectivity index (χ3n) is 1.61. The maximum atomic E-state index is 8.68. The van der Waals surface area contributed by atoms with Crippen molar-refractivity contribution < 1.29 is 5.11 Å². The van der Waals surface area contributed by atoms with Crippen LogP contribution in [0.25, 0.3) is 0 Å². The number of aromatic nitrogens is 3. The molecule has 1 N–H and O–H groups in total. The zero-order valence-electron chi connectivity index (χ0n) is 8.06. The van der Waals surface area contributed by atoms with Crippen molar-refractivity contribution in [1.29, 1.82) is 0 Å². The van der Waals surface area contributed by atoms with Crippen LogP contribution in [0, 0.1) is 5.92 Å². The highest BCUT2D eigenvalue weighted by Crippen LogP contribution is 2.03. The lowest BCUT2D eigenvalue weighted by molar-refractivity contribution is 0.296. The van der Waals surface area contributed by atoms with Gasteiger partial charge in [0.05, 0.1) is 18.5 Å². The molecule has 0 amide bonds. The predicted octanol–water partition coefficient (Wildman–Crippen LogP) is 0.605. The molecule has 1 aromatic heterocycles. The van der Waals surface area contributed by atoms with E-state index in [2.05, 4.69) is 29.0 Å². The molecule has 4 heteroatoms. The Morgan fingerprint density at radius 3 is 2.85 bits per heavy atom. The third-order valence-corrected chi connectivity index (χ3v) is 1.61. The Morgan fingerprint density at radius 1 is 1.46 bits per heavy atom. The molecule has 0 saturated carbocycles. The number of nitrogens with zero attached hydrogens (tertiary/aromatic N) is 3. The number of hydrogen-bond acceptors (Lipinski definition) is 4. The topological polar surface area (TPSA) is 58.9 Å². The lowest BCUT2D eigenvalue weighted by atomic mass is 10.1. The third kappa shape index (κ3) is 3.46. The molecular formula is C9H15N3O. The summed E-state index contributed by atoms with van der Waals surface area (Å²) in [6.07, 6.45) is 3.08. The first-order chi connectivity index (χ1) is 6.22. The van der Waals surface area contributed by atoms with Gasteiger partial charge in [0, 0.05) is 6.42 Å². The van der Waals surface area contributed by atoms with Gasteiger partial charge in [-0.25, -0.2) is 4.98 Å². The quantitative estimate of drug-likeness (QED) is 0.739. The first-order valence-electron chi connectivity index (χ1n) is 4.50. The minimum Gasteiger partial charge on any atom is -0.396 e. The van der Waals surface area contributed by atoms with Crippen LogP contribution in [0.15, 0.2) is 6.20 Å². The molecule has 0 spiro atoms. The fraction of sp³-hybridized carbons (Fsp3) is 0.667. The van der Waals surface area contributed by atoms with E-state index >= 15 is 0 Å². The van der Waals surface area contributed by atoms with Gasteiger partial charge >= 0.3 is 0 Å². The van der Waals surface area contributed by atoms with E-state index in [0.717, 1.165) is 12.1 Å². The van der Waals surface area contributed by atoms with Crippen molar-refractivity contribution in [3.63, 3.8) is 0 Å². The molecule has 0 bridgehead atoms. The molecule has 0 atom stereocenters. The summed E-state index contributed by atoms with van der Waals surface area (Å²) in [5.74, 6) is 1.19. The van der Waals surface area contributed by atoms with Crippen LogP contribution in [-0.4, -0.2) is 26.9 Å². The Hall–Kier alpha value is -1.03. The average Bonchev–Trinajstić information content (AvgIpc) is 2.04. The molecule has 72 valence electrons. The molecule has 0 fully saturated rings. The Morgan fingerprint density at radius 2 is 2.23 bits per heavy atom. The molecule has 1 rings (SSSR count). The lowest BCUT2D eigenvalue weighted by Crippen LogP contribution is -2.05. The van der Waals surface area contributed by atoms with Crippen LogP contribution in [0.1, 0.15) is 25.4 Å². The largest absolute Gasteiger partial charge is 0.396 e. The molecule has 13 heavy (non-hydrogen) atoms. The van der Waals surface area contributed by atoms with E-state index in [1.807, 2.05) is 0 Å². The Kier molecular flexibility index (Phi) is 3.76. The van der Waals surface area contributed by atoms with Gasteiger partial charge in [-0.1, -0.05) is 13.8 Å². The molecule has 0 aliphatic heterocycles. The Balaban J connectivity index is 2.67. The highest BCUT2D eigenvalue weighted by Gasteiger charge is 2.02. The van der Waals surface area contributed by atoms with E-state index in [1.165, 1.54) is 0 Å². The standard InChI is InChI=1S/C9H15N3O/c1-7(2)5-8-6-10-12-9(11-8)3-4-13/h6-7,13H,3-5H2,1-2H3. The van der Waals surface area contributed by atoms with Crippen molar-refractivity contribution in [2.24, 2.45) is 5.92 Å². The van der Waals surface area contributed by atoms with E-state index in [0.29, 0.717) is 18.2 Å². The van der Waals surface area contributed by atoms with Crippen LogP contribution >= 0.6 is 0 Å². The van der Waals surface area contributed by atoms with Crippen LogP contribution in [-0.2, 0) is 12.8 Å². The highest BCUT2D eigenvalue weighted by atomic mass is 16.3. The maximum absolute atomic E-state index is 8.68. The number of aliphatic hydroxyl groups excluding tert-OH is 1. The normalized spacial score (nSPS) is 10.8. The van der Waals surface area contributed by atoms with E-state index in [-0.39, 0.29) is 6.61 Å². The molecule has 0 unspecified atom stereocenters. The Bertz CT molecular complexity index is 263. The SMILES string of the molecule is CC(C)Cc1cnnc(CCO)n1. The van der Waals surface area contributed by atoms with Crippen molar-refractivity contribution in [2.75, 3.05) is 6.61 Å². The summed E-state index contributed by atoms with van der Waals surface area (Å²) in [6, 6.07) is 0. The zero-order valence-corrected chi connectivity index (χ0v) is 8.06. The van der Waals surface area contributed by atoms with E-state index < -0.39 is 0 Å². The molecule has 0 radical (unpaired) electrons. The first-order valence-corrected chi connectivity index (χ1v) is 4.50. The minimum atomic E-state index is 0.0762. The van der Waals surface area contributed by atoms with E-state index in [9.17, 15) is 0 Å². The minimum absolute atomic E-state index is 0.0762. The molecule has 1 aromatic rings. The molecule has 1 heterocycles. The molecular weight excluding hydrogens is 166 g/mol. The number of hydrogen-bond donors (Lipinski definition) is 1. The second-order valence-electron chi connectivity index (χ2n) is 3.44. The maximum Gasteiger partial charge on any atom is 0.153 e. The summed E-state index contributed by atoms with van der Waals surface area (Å²) in [5.41, 5.74) is 0.952. The fourth-order valence-corrected chi connectivity index (χ4v) is 1.10. The van der Waals surface area contributed by atoms with Gasteiger partial charge in [-0.3, -0.25) is 0 Å². The molecule has 4 nitrogen and oxygen atoms in total.